The zero-order valence-corrected chi connectivity index (χ0v) is 9.60. The number of nitrogens with one attached hydrogen (secondary N) is 1. The van der Waals surface area contributed by atoms with Crippen molar-refractivity contribution in [1.82, 2.24) is 9.97 Å². The lowest BCUT2D eigenvalue weighted by atomic mass is 10.2. The molecule has 2 heterocycles. The van der Waals surface area contributed by atoms with E-state index in [1.54, 1.807) is 24.7 Å². The zero-order valence-electron chi connectivity index (χ0n) is 9.60. The second kappa shape index (κ2) is 5.45. The van der Waals surface area contributed by atoms with Crippen LogP contribution < -0.4 is 0 Å². The van der Waals surface area contributed by atoms with Crippen LogP contribution in [0.1, 0.15) is 17.4 Å². The molecule has 5 heteroatoms. The third-order valence-corrected chi connectivity index (χ3v) is 2.36. The highest BCUT2D eigenvalue weighted by Gasteiger charge is 2.12. The Kier molecular flexibility index (Phi) is 3.72. The first-order valence-corrected chi connectivity index (χ1v) is 5.49. The third kappa shape index (κ3) is 2.62. The molecule has 0 fully saturated rings. The Hall–Kier alpha value is -1.88. The van der Waals surface area contributed by atoms with Crippen molar-refractivity contribution < 1.29 is 14.3 Å². The molecule has 0 amide bonds. The Morgan fingerprint density at radius 1 is 1.47 bits per heavy atom. The summed E-state index contributed by atoms with van der Waals surface area (Å²) in [5.74, 6) is -0.370. The molecule has 2 rings (SSSR count). The van der Waals surface area contributed by atoms with Gasteiger partial charge in [-0.3, -0.25) is 4.98 Å². The van der Waals surface area contributed by atoms with Crippen LogP contribution in [0.4, 0.5) is 0 Å². The van der Waals surface area contributed by atoms with Crippen LogP contribution in [0.5, 0.6) is 0 Å². The van der Waals surface area contributed by atoms with E-state index in [4.69, 9.17) is 9.47 Å². The van der Waals surface area contributed by atoms with Crippen LogP contribution >= 0.6 is 0 Å². The number of pyridine rings is 1. The van der Waals surface area contributed by atoms with Crippen LogP contribution in [0.25, 0.3) is 10.8 Å². The number of rotatable bonds is 5. The average Bonchev–Trinajstić information content (AvgIpc) is 2.78. The van der Waals surface area contributed by atoms with Gasteiger partial charge < -0.3 is 14.5 Å². The van der Waals surface area contributed by atoms with E-state index in [9.17, 15) is 4.79 Å². The van der Waals surface area contributed by atoms with Crippen LogP contribution in [-0.2, 0) is 9.47 Å². The quantitative estimate of drug-likeness (QED) is 0.632. The summed E-state index contributed by atoms with van der Waals surface area (Å²) in [6.45, 7) is 3.20. The van der Waals surface area contributed by atoms with Crippen molar-refractivity contribution >= 4 is 16.7 Å². The van der Waals surface area contributed by atoms with Gasteiger partial charge in [0.15, 0.2) is 0 Å². The lowest BCUT2D eigenvalue weighted by Crippen LogP contribution is -2.11. The maximum atomic E-state index is 11.8. The molecule has 0 saturated carbocycles. The highest BCUT2D eigenvalue weighted by atomic mass is 16.6. The van der Waals surface area contributed by atoms with Gasteiger partial charge in [-0.05, 0) is 13.0 Å². The first kappa shape index (κ1) is 11.6. The summed E-state index contributed by atoms with van der Waals surface area (Å²) in [4.78, 5) is 18.6. The van der Waals surface area contributed by atoms with E-state index in [0.717, 1.165) is 10.8 Å². The zero-order chi connectivity index (χ0) is 12.1. The van der Waals surface area contributed by atoms with Gasteiger partial charge in [-0.2, -0.15) is 0 Å². The Morgan fingerprint density at radius 2 is 2.35 bits per heavy atom. The second-order valence-electron chi connectivity index (χ2n) is 3.46. The molecule has 0 unspecified atom stereocenters. The summed E-state index contributed by atoms with van der Waals surface area (Å²) in [5.41, 5.74) is 0.457. The number of hydrogen-bond acceptors (Lipinski definition) is 4. The number of carbonyl (C=O) groups is 1. The van der Waals surface area contributed by atoms with E-state index >= 15 is 0 Å². The van der Waals surface area contributed by atoms with Crippen LogP contribution in [0, 0.1) is 0 Å². The smallest absolute Gasteiger partial charge is 0.355 e. The number of fused-ring (bicyclic) bond motifs is 1. The minimum absolute atomic E-state index is 0.262. The van der Waals surface area contributed by atoms with Crippen molar-refractivity contribution in [3.05, 3.63) is 30.4 Å². The highest BCUT2D eigenvalue weighted by molar-refractivity contribution is 6.03. The summed E-state index contributed by atoms with van der Waals surface area (Å²) >= 11 is 0. The number of nitrogens with zero attached hydrogens (tertiary/aromatic N) is 1. The molecule has 5 nitrogen and oxygen atoms in total. The number of aromatic amines is 1. The fraction of sp³-hybridized carbons (Fsp3) is 0.333. The lowest BCUT2D eigenvalue weighted by molar-refractivity contribution is 0.0332. The minimum atomic E-state index is -0.370. The molecular formula is C12H14N2O3. The van der Waals surface area contributed by atoms with Gasteiger partial charge in [-0.25, -0.2) is 4.79 Å². The monoisotopic (exact) mass is 234 g/mol. The Morgan fingerprint density at radius 3 is 3.18 bits per heavy atom. The molecular weight excluding hydrogens is 220 g/mol. The first-order valence-electron chi connectivity index (χ1n) is 5.49. The fourth-order valence-electron chi connectivity index (χ4n) is 1.56. The highest BCUT2D eigenvalue weighted by Crippen LogP contribution is 2.17. The van der Waals surface area contributed by atoms with Crippen molar-refractivity contribution in [3.63, 3.8) is 0 Å². The number of hydrogen-bond donors (Lipinski definition) is 1. The molecule has 0 atom stereocenters. The van der Waals surface area contributed by atoms with Crippen molar-refractivity contribution in [2.24, 2.45) is 0 Å². The van der Waals surface area contributed by atoms with Crippen LogP contribution in [0.3, 0.4) is 0 Å². The van der Waals surface area contributed by atoms with Crippen LogP contribution in [0.15, 0.2) is 24.7 Å². The predicted molar refractivity (Wildman–Crippen MR) is 62.9 cm³/mol. The van der Waals surface area contributed by atoms with Gasteiger partial charge in [0.1, 0.15) is 12.3 Å². The Labute approximate surface area is 98.8 Å². The minimum Gasteiger partial charge on any atom is -0.459 e. The topological polar surface area (TPSA) is 64.2 Å². The third-order valence-electron chi connectivity index (χ3n) is 2.36. The standard InChI is InChI=1S/C12H14N2O3/c1-2-16-5-6-17-12(15)11-10-3-4-13-7-9(10)8-14-11/h3-4,7-8,14H,2,5-6H2,1H3. The number of ether oxygens (including phenoxy) is 2. The number of esters is 1. The molecule has 0 saturated heterocycles. The first-order chi connectivity index (χ1) is 8.33. The normalized spacial score (nSPS) is 10.6. The van der Waals surface area contributed by atoms with Crippen LogP contribution in [-0.4, -0.2) is 35.8 Å². The summed E-state index contributed by atoms with van der Waals surface area (Å²) in [5, 5.41) is 1.71. The number of aromatic nitrogens is 2. The van der Waals surface area contributed by atoms with Crippen molar-refractivity contribution in [2.75, 3.05) is 19.8 Å². The largest absolute Gasteiger partial charge is 0.459 e. The van der Waals surface area contributed by atoms with E-state index in [1.165, 1.54) is 0 Å². The summed E-state index contributed by atoms with van der Waals surface area (Å²) < 4.78 is 10.2. The second-order valence-corrected chi connectivity index (χ2v) is 3.46. The Balaban J connectivity index is 2.04. The molecule has 0 aliphatic carbocycles. The lowest BCUT2D eigenvalue weighted by Gasteiger charge is -2.03. The number of H-pyrrole nitrogens is 1. The molecule has 1 N–H and O–H groups in total. The molecule has 0 bridgehead atoms. The molecule has 0 spiro atoms. The molecule has 0 aliphatic heterocycles. The predicted octanol–water partition coefficient (Wildman–Crippen LogP) is 1.76. The van der Waals surface area contributed by atoms with Gasteiger partial charge in [-0.1, -0.05) is 0 Å². The maximum absolute atomic E-state index is 11.8. The SMILES string of the molecule is CCOCCOC(=O)c1[nH]cc2cnccc12. The number of carbonyl (C=O) groups excluding carboxylic acids is 1. The van der Waals surface area contributed by atoms with Gasteiger partial charge in [0.25, 0.3) is 0 Å². The maximum Gasteiger partial charge on any atom is 0.355 e. The Bertz CT molecular complexity index is 507. The fourth-order valence-corrected chi connectivity index (χ4v) is 1.56. The molecule has 2 aromatic rings. The molecule has 0 radical (unpaired) electrons. The van der Waals surface area contributed by atoms with E-state index in [0.29, 0.717) is 18.9 Å². The van der Waals surface area contributed by atoms with E-state index < -0.39 is 0 Å². The van der Waals surface area contributed by atoms with Gasteiger partial charge >= 0.3 is 5.97 Å². The molecule has 17 heavy (non-hydrogen) atoms. The molecule has 90 valence electrons. The van der Waals surface area contributed by atoms with Crippen molar-refractivity contribution in [2.45, 2.75) is 6.92 Å². The van der Waals surface area contributed by atoms with Gasteiger partial charge in [0.2, 0.25) is 0 Å². The van der Waals surface area contributed by atoms with Crippen molar-refractivity contribution in [1.29, 1.82) is 0 Å². The van der Waals surface area contributed by atoms with Crippen molar-refractivity contribution in [3.8, 4) is 0 Å². The van der Waals surface area contributed by atoms with Gasteiger partial charge in [0.05, 0.1) is 6.61 Å². The van der Waals surface area contributed by atoms with Gasteiger partial charge in [0, 0.05) is 36.0 Å². The summed E-state index contributed by atoms with van der Waals surface area (Å²) in [7, 11) is 0. The van der Waals surface area contributed by atoms with Crippen LogP contribution in [0.2, 0.25) is 0 Å². The molecule has 0 aliphatic rings. The van der Waals surface area contributed by atoms with E-state index in [1.807, 2.05) is 6.92 Å². The van der Waals surface area contributed by atoms with Gasteiger partial charge in [-0.15, -0.1) is 0 Å². The summed E-state index contributed by atoms with van der Waals surface area (Å²) in [6, 6.07) is 1.78. The van der Waals surface area contributed by atoms with E-state index in [-0.39, 0.29) is 12.6 Å². The summed E-state index contributed by atoms with van der Waals surface area (Å²) in [6.07, 6.45) is 5.08. The molecule has 2 aromatic heterocycles. The van der Waals surface area contributed by atoms with E-state index in [2.05, 4.69) is 9.97 Å². The average molecular weight is 234 g/mol. The molecule has 0 aromatic carbocycles.